The highest BCUT2D eigenvalue weighted by atomic mass is 14.4. The van der Waals surface area contributed by atoms with Gasteiger partial charge in [0.25, 0.3) is 0 Å². The van der Waals surface area contributed by atoms with Gasteiger partial charge in [0.1, 0.15) is 0 Å². The monoisotopic (exact) mass is 772 g/mol. The predicted molar refractivity (Wildman–Crippen MR) is 260 cm³/mol. The maximum absolute atomic E-state index is 2.45. The molecule has 0 nitrogen and oxygen atoms in total. The summed E-state index contributed by atoms with van der Waals surface area (Å²) in [4.78, 5) is 0. The van der Waals surface area contributed by atoms with Crippen molar-refractivity contribution in [1.82, 2.24) is 0 Å². The summed E-state index contributed by atoms with van der Waals surface area (Å²) in [6.45, 7) is 4.74. The Hall–Kier alpha value is -7.54. The van der Waals surface area contributed by atoms with Gasteiger partial charge in [-0.1, -0.05) is 190 Å². The first-order valence-corrected chi connectivity index (χ1v) is 21.5. The van der Waals surface area contributed by atoms with Crippen molar-refractivity contribution < 1.29 is 0 Å². The Labute approximate surface area is 356 Å². The van der Waals surface area contributed by atoms with Crippen molar-refractivity contribution in [3.8, 4) is 77.9 Å². The minimum absolute atomic E-state index is 0.0474. The molecule has 0 N–H and O–H groups in total. The molecule has 0 amide bonds. The lowest BCUT2D eigenvalue weighted by Gasteiger charge is -2.22. The molecule has 284 valence electrons. The van der Waals surface area contributed by atoms with E-state index < -0.39 is 0 Å². The summed E-state index contributed by atoms with van der Waals surface area (Å²) < 4.78 is 0. The molecule has 0 atom stereocenters. The molecule has 0 unspecified atom stereocenters. The minimum atomic E-state index is -0.0474. The van der Waals surface area contributed by atoms with Crippen molar-refractivity contribution >= 4 is 43.1 Å². The maximum Gasteiger partial charge on any atom is 0.0159 e. The molecule has 0 aliphatic heterocycles. The quantitative estimate of drug-likeness (QED) is 0.156. The van der Waals surface area contributed by atoms with Crippen molar-refractivity contribution in [2.75, 3.05) is 0 Å². The van der Waals surface area contributed by atoms with Crippen LogP contribution >= 0.6 is 0 Å². The van der Waals surface area contributed by atoms with Gasteiger partial charge < -0.3 is 0 Å². The predicted octanol–water partition coefficient (Wildman–Crippen LogP) is 16.9. The summed E-state index contributed by atoms with van der Waals surface area (Å²) in [5.74, 6) is 0. The molecule has 0 heteroatoms. The lowest BCUT2D eigenvalue weighted by Crippen LogP contribution is -2.14. The average Bonchev–Trinajstić information content (AvgIpc) is 3.77. The minimum Gasteiger partial charge on any atom is -0.0619 e. The second kappa shape index (κ2) is 12.7. The SMILES string of the molecule is CC1(C)c2ccccc2-c2ccc(-c3ccc4c(c3)-c3cccc5c(-c6cc(-c7cccc8ccccc78)cc(-c7cccc8ccccc78)c6)c6ccccc6c-4c35)cc21. The molecule has 2 aliphatic carbocycles. The molecule has 2 aliphatic rings. The van der Waals surface area contributed by atoms with Crippen LogP contribution in [0.1, 0.15) is 25.0 Å². The van der Waals surface area contributed by atoms with Gasteiger partial charge in [0.05, 0.1) is 0 Å². The third kappa shape index (κ3) is 4.94. The van der Waals surface area contributed by atoms with E-state index in [1.54, 1.807) is 0 Å². The standard InChI is InChI=1S/C61H40/c1-61(2)56-27-10-9-20-48(56)49-30-28-40(36-57(49)61)39-29-31-53-55(35-39)52-25-13-26-54-58(50-21-7-8-22-51(50)59(53)60(52)54)43-33-41(46-23-11-16-37-14-3-5-18-44(37)46)32-42(34-43)47-24-12-17-38-15-4-6-19-45(38)47/h3-36H,1-2H3. The van der Waals surface area contributed by atoms with Crippen LogP contribution in [0.4, 0.5) is 0 Å². The zero-order chi connectivity index (χ0) is 40.4. The Morgan fingerprint density at radius 3 is 1.44 bits per heavy atom. The van der Waals surface area contributed by atoms with Crippen LogP contribution in [0, 0.1) is 0 Å². The summed E-state index contributed by atoms with van der Waals surface area (Å²) in [6.07, 6.45) is 0. The molecule has 0 saturated heterocycles. The smallest absolute Gasteiger partial charge is 0.0159 e. The van der Waals surface area contributed by atoms with Crippen molar-refractivity contribution in [3.05, 3.63) is 217 Å². The third-order valence-electron chi connectivity index (χ3n) is 14.0. The highest BCUT2D eigenvalue weighted by Gasteiger charge is 2.35. The zero-order valence-corrected chi connectivity index (χ0v) is 34.1. The normalized spacial score (nSPS) is 13.2. The molecule has 61 heavy (non-hydrogen) atoms. The van der Waals surface area contributed by atoms with Gasteiger partial charge in [0.2, 0.25) is 0 Å². The van der Waals surface area contributed by atoms with Gasteiger partial charge in [-0.25, -0.2) is 0 Å². The highest BCUT2D eigenvalue weighted by Crippen LogP contribution is 2.55. The van der Waals surface area contributed by atoms with Gasteiger partial charge in [-0.2, -0.15) is 0 Å². The van der Waals surface area contributed by atoms with Crippen molar-refractivity contribution in [2.24, 2.45) is 0 Å². The molecule has 13 rings (SSSR count). The van der Waals surface area contributed by atoms with E-state index in [9.17, 15) is 0 Å². The van der Waals surface area contributed by atoms with Crippen LogP contribution in [-0.2, 0) is 5.41 Å². The number of fused-ring (bicyclic) bond motifs is 10. The maximum atomic E-state index is 2.45. The van der Waals surface area contributed by atoms with Gasteiger partial charge in [0, 0.05) is 5.41 Å². The molecule has 0 bridgehead atoms. The van der Waals surface area contributed by atoms with Gasteiger partial charge >= 0.3 is 0 Å². The van der Waals surface area contributed by atoms with Gasteiger partial charge in [-0.3, -0.25) is 0 Å². The van der Waals surface area contributed by atoms with E-state index in [0.29, 0.717) is 0 Å². The average molecular weight is 773 g/mol. The lowest BCUT2D eigenvalue weighted by molar-refractivity contribution is 0.660. The molecular formula is C61H40. The van der Waals surface area contributed by atoms with Crippen LogP contribution in [0.5, 0.6) is 0 Å². The number of hydrogen-bond donors (Lipinski definition) is 0. The Balaban J connectivity index is 1.04. The topological polar surface area (TPSA) is 0 Å². The Bertz CT molecular complexity index is 3560. The first kappa shape index (κ1) is 34.3. The van der Waals surface area contributed by atoms with Crippen LogP contribution in [0.25, 0.3) is 121 Å². The molecule has 0 fully saturated rings. The Morgan fingerprint density at radius 1 is 0.262 bits per heavy atom. The van der Waals surface area contributed by atoms with Crippen LogP contribution < -0.4 is 0 Å². The van der Waals surface area contributed by atoms with Gasteiger partial charge in [0.15, 0.2) is 0 Å². The summed E-state index contributed by atoms with van der Waals surface area (Å²) >= 11 is 0. The van der Waals surface area contributed by atoms with Crippen molar-refractivity contribution in [2.45, 2.75) is 19.3 Å². The molecule has 11 aromatic rings. The first-order valence-electron chi connectivity index (χ1n) is 21.5. The Kier molecular flexibility index (Phi) is 7.17. The molecular weight excluding hydrogens is 733 g/mol. The molecule has 0 saturated carbocycles. The van der Waals surface area contributed by atoms with E-state index >= 15 is 0 Å². The zero-order valence-electron chi connectivity index (χ0n) is 34.1. The lowest BCUT2D eigenvalue weighted by atomic mass is 9.81. The Morgan fingerprint density at radius 2 is 0.738 bits per heavy atom. The summed E-state index contributed by atoms with van der Waals surface area (Å²) in [6, 6.07) is 77.6. The molecule has 0 radical (unpaired) electrons. The van der Waals surface area contributed by atoms with Crippen molar-refractivity contribution in [3.63, 3.8) is 0 Å². The van der Waals surface area contributed by atoms with E-state index in [2.05, 4.69) is 220 Å². The van der Waals surface area contributed by atoms with Crippen molar-refractivity contribution in [1.29, 1.82) is 0 Å². The number of benzene rings is 11. The van der Waals surface area contributed by atoms with Crippen LogP contribution in [0.3, 0.4) is 0 Å². The largest absolute Gasteiger partial charge is 0.0619 e. The second-order valence-corrected chi connectivity index (χ2v) is 17.6. The van der Waals surface area contributed by atoms with E-state index in [-0.39, 0.29) is 5.41 Å². The summed E-state index contributed by atoms with van der Waals surface area (Å²) in [5.41, 5.74) is 20.7. The second-order valence-electron chi connectivity index (χ2n) is 17.6. The van der Waals surface area contributed by atoms with E-state index in [1.165, 1.54) is 132 Å². The van der Waals surface area contributed by atoms with Crippen LogP contribution in [-0.4, -0.2) is 0 Å². The summed E-state index contributed by atoms with van der Waals surface area (Å²) in [7, 11) is 0. The fraction of sp³-hybridized carbons (Fsp3) is 0.0492. The van der Waals surface area contributed by atoms with Gasteiger partial charge in [-0.05, 0) is 162 Å². The molecule has 11 aromatic carbocycles. The van der Waals surface area contributed by atoms with Crippen LogP contribution in [0.15, 0.2) is 206 Å². The molecule has 0 spiro atoms. The van der Waals surface area contributed by atoms with E-state index in [1.807, 2.05) is 0 Å². The molecule has 0 aromatic heterocycles. The van der Waals surface area contributed by atoms with E-state index in [0.717, 1.165) is 0 Å². The first-order chi connectivity index (χ1) is 30.0. The fourth-order valence-corrected chi connectivity index (χ4v) is 11.1. The molecule has 0 heterocycles. The van der Waals surface area contributed by atoms with E-state index in [4.69, 9.17) is 0 Å². The third-order valence-corrected chi connectivity index (χ3v) is 14.0. The number of rotatable bonds is 4. The number of hydrogen-bond acceptors (Lipinski definition) is 0. The van der Waals surface area contributed by atoms with Crippen LogP contribution in [0.2, 0.25) is 0 Å². The highest BCUT2D eigenvalue weighted by molar-refractivity contribution is 6.29. The van der Waals surface area contributed by atoms with Gasteiger partial charge in [-0.15, -0.1) is 0 Å². The fourth-order valence-electron chi connectivity index (χ4n) is 11.1. The summed E-state index contributed by atoms with van der Waals surface area (Å²) in [5, 5.41) is 10.2.